The number of likely N-dealkylation sites (N-methyl/N-ethyl adjacent to an activating group) is 1. The van der Waals surface area contributed by atoms with Crippen molar-refractivity contribution in [3.05, 3.63) is 59.7 Å². The summed E-state index contributed by atoms with van der Waals surface area (Å²) >= 11 is 0. The number of aliphatic hydroxyl groups is 1. The maximum absolute atomic E-state index is 11.8. The topological polar surface area (TPSA) is 61.8 Å². The fourth-order valence-corrected chi connectivity index (χ4v) is 2.84. The van der Waals surface area contributed by atoms with Crippen LogP contribution in [-0.4, -0.2) is 37.8 Å². The molecule has 1 atom stereocenters. The van der Waals surface area contributed by atoms with E-state index in [2.05, 4.69) is 17.3 Å². The Morgan fingerprint density at radius 1 is 1.29 bits per heavy atom. The SMILES string of the molecule is CN1CCc2cc(C(O)CNC(=O)COc3ccccc3)ccc21. The molecule has 1 amide bonds. The van der Waals surface area contributed by atoms with Gasteiger partial charge in [0, 0.05) is 25.8 Å². The molecule has 0 aromatic heterocycles. The summed E-state index contributed by atoms with van der Waals surface area (Å²) in [5.41, 5.74) is 3.28. The molecule has 5 heteroatoms. The smallest absolute Gasteiger partial charge is 0.258 e. The fraction of sp³-hybridized carbons (Fsp3) is 0.316. The Morgan fingerprint density at radius 2 is 2.08 bits per heavy atom. The molecule has 0 fully saturated rings. The first-order valence-corrected chi connectivity index (χ1v) is 8.10. The van der Waals surface area contributed by atoms with E-state index in [-0.39, 0.29) is 19.1 Å². The molecule has 1 aliphatic rings. The number of rotatable bonds is 6. The van der Waals surface area contributed by atoms with Gasteiger partial charge in [-0.3, -0.25) is 4.79 Å². The Morgan fingerprint density at radius 3 is 2.88 bits per heavy atom. The Bertz CT molecular complexity index is 703. The van der Waals surface area contributed by atoms with Gasteiger partial charge in [0.1, 0.15) is 5.75 Å². The van der Waals surface area contributed by atoms with Crippen LogP contribution < -0.4 is 15.0 Å². The number of benzene rings is 2. The van der Waals surface area contributed by atoms with Crippen LogP contribution in [0.15, 0.2) is 48.5 Å². The molecule has 0 bridgehead atoms. The second-order valence-corrected chi connectivity index (χ2v) is 5.98. The van der Waals surface area contributed by atoms with E-state index in [4.69, 9.17) is 4.74 Å². The molecule has 2 aromatic rings. The molecule has 2 N–H and O–H groups in total. The average Bonchev–Trinajstić information content (AvgIpc) is 2.99. The number of ether oxygens (including phenoxy) is 1. The molecule has 0 spiro atoms. The van der Waals surface area contributed by atoms with E-state index in [1.807, 2.05) is 36.4 Å². The lowest BCUT2D eigenvalue weighted by atomic mass is 10.0. The molecule has 126 valence electrons. The predicted molar refractivity (Wildman–Crippen MR) is 93.3 cm³/mol. The predicted octanol–water partition coefficient (Wildman–Crippen LogP) is 1.91. The maximum atomic E-state index is 11.8. The largest absolute Gasteiger partial charge is 0.484 e. The minimum atomic E-state index is -0.720. The number of para-hydroxylation sites is 1. The van der Waals surface area contributed by atoms with E-state index in [0.717, 1.165) is 18.5 Å². The van der Waals surface area contributed by atoms with Crippen LogP contribution in [0.3, 0.4) is 0 Å². The van der Waals surface area contributed by atoms with E-state index < -0.39 is 6.10 Å². The van der Waals surface area contributed by atoms with Crippen molar-refractivity contribution in [2.24, 2.45) is 0 Å². The molecule has 24 heavy (non-hydrogen) atoms. The molecule has 1 unspecified atom stereocenters. The number of carbonyl (C=O) groups excluding carboxylic acids is 1. The molecule has 3 rings (SSSR count). The van der Waals surface area contributed by atoms with Crippen molar-refractivity contribution in [1.29, 1.82) is 0 Å². The molecule has 0 aliphatic carbocycles. The highest BCUT2D eigenvalue weighted by atomic mass is 16.5. The Labute approximate surface area is 141 Å². The van der Waals surface area contributed by atoms with E-state index in [1.54, 1.807) is 12.1 Å². The van der Waals surface area contributed by atoms with Crippen molar-refractivity contribution in [3.63, 3.8) is 0 Å². The van der Waals surface area contributed by atoms with Gasteiger partial charge in [-0.15, -0.1) is 0 Å². The van der Waals surface area contributed by atoms with Crippen molar-refractivity contribution >= 4 is 11.6 Å². The molecule has 0 radical (unpaired) electrons. The quantitative estimate of drug-likeness (QED) is 0.851. The lowest BCUT2D eigenvalue weighted by molar-refractivity contribution is -0.123. The molecule has 0 saturated heterocycles. The first-order chi connectivity index (χ1) is 11.6. The third kappa shape index (κ3) is 3.86. The Balaban J connectivity index is 1.48. The highest BCUT2D eigenvalue weighted by Crippen LogP contribution is 2.29. The van der Waals surface area contributed by atoms with E-state index in [0.29, 0.717) is 5.75 Å². The molecular formula is C19H22N2O3. The number of nitrogens with one attached hydrogen (secondary N) is 1. The summed E-state index contributed by atoms with van der Waals surface area (Å²) in [6.07, 6.45) is 0.269. The monoisotopic (exact) mass is 326 g/mol. The van der Waals surface area contributed by atoms with Gasteiger partial charge < -0.3 is 20.1 Å². The van der Waals surface area contributed by atoms with E-state index in [9.17, 15) is 9.90 Å². The molecule has 5 nitrogen and oxygen atoms in total. The van der Waals surface area contributed by atoms with Crippen LogP contribution in [0, 0.1) is 0 Å². The van der Waals surface area contributed by atoms with Crippen molar-refractivity contribution in [2.75, 3.05) is 31.6 Å². The van der Waals surface area contributed by atoms with Gasteiger partial charge in [0.15, 0.2) is 6.61 Å². The first-order valence-electron chi connectivity index (χ1n) is 8.10. The number of fused-ring (bicyclic) bond motifs is 1. The van der Waals surface area contributed by atoms with Crippen molar-refractivity contribution in [3.8, 4) is 5.75 Å². The second-order valence-electron chi connectivity index (χ2n) is 5.98. The van der Waals surface area contributed by atoms with Crippen LogP contribution in [0.4, 0.5) is 5.69 Å². The normalized spacial score (nSPS) is 14.2. The van der Waals surface area contributed by atoms with Crippen molar-refractivity contribution < 1.29 is 14.6 Å². The Kier molecular flexibility index (Phi) is 5.01. The molecular weight excluding hydrogens is 304 g/mol. The number of hydrogen-bond donors (Lipinski definition) is 2. The summed E-state index contributed by atoms with van der Waals surface area (Å²) in [4.78, 5) is 14.0. The summed E-state index contributed by atoms with van der Waals surface area (Å²) in [5, 5.41) is 13.0. The van der Waals surface area contributed by atoms with Gasteiger partial charge in [-0.2, -0.15) is 0 Å². The summed E-state index contributed by atoms with van der Waals surface area (Å²) in [5.74, 6) is 0.398. The zero-order valence-corrected chi connectivity index (χ0v) is 13.7. The molecule has 1 aliphatic heterocycles. The average molecular weight is 326 g/mol. The third-order valence-corrected chi connectivity index (χ3v) is 4.22. The highest BCUT2D eigenvalue weighted by Gasteiger charge is 2.18. The van der Waals surface area contributed by atoms with Gasteiger partial charge in [0.2, 0.25) is 0 Å². The van der Waals surface area contributed by atoms with Gasteiger partial charge >= 0.3 is 0 Å². The number of hydrogen-bond acceptors (Lipinski definition) is 4. The lowest BCUT2D eigenvalue weighted by Crippen LogP contribution is -2.32. The van der Waals surface area contributed by atoms with Gasteiger partial charge in [-0.05, 0) is 35.7 Å². The summed E-state index contributed by atoms with van der Waals surface area (Å²) in [6.45, 7) is 1.11. The summed E-state index contributed by atoms with van der Waals surface area (Å²) in [7, 11) is 2.06. The van der Waals surface area contributed by atoms with Crippen LogP contribution in [0.2, 0.25) is 0 Å². The zero-order valence-electron chi connectivity index (χ0n) is 13.7. The second kappa shape index (κ2) is 7.36. The van der Waals surface area contributed by atoms with Gasteiger partial charge in [-0.25, -0.2) is 0 Å². The number of amides is 1. The van der Waals surface area contributed by atoms with Crippen LogP contribution in [0.1, 0.15) is 17.2 Å². The Hall–Kier alpha value is -2.53. The maximum Gasteiger partial charge on any atom is 0.258 e. The van der Waals surface area contributed by atoms with Crippen LogP contribution >= 0.6 is 0 Å². The van der Waals surface area contributed by atoms with E-state index >= 15 is 0 Å². The van der Waals surface area contributed by atoms with Crippen molar-refractivity contribution in [1.82, 2.24) is 5.32 Å². The molecule has 2 aromatic carbocycles. The summed E-state index contributed by atoms with van der Waals surface area (Å²) < 4.78 is 5.38. The number of nitrogens with zero attached hydrogens (tertiary/aromatic N) is 1. The number of aliphatic hydroxyl groups excluding tert-OH is 1. The standard InChI is InChI=1S/C19H22N2O3/c1-21-10-9-14-11-15(7-8-17(14)21)18(22)12-20-19(23)13-24-16-5-3-2-4-6-16/h2-8,11,18,22H,9-10,12-13H2,1H3,(H,20,23). The molecule has 1 heterocycles. The number of anilines is 1. The first kappa shape index (κ1) is 16.3. The fourth-order valence-electron chi connectivity index (χ4n) is 2.84. The highest BCUT2D eigenvalue weighted by molar-refractivity contribution is 5.77. The molecule has 0 saturated carbocycles. The number of carbonyl (C=O) groups is 1. The zero-order chi connectivity index (χ0) is 16.9. The van der Waals surface area contributed by atoms with Crippen LogP contribution in [0.25, 0.3) is 0 Å². The van der Waals surface area contributed by atoms with Gasteiger partial charge in [-0.1, -0.05) is 30.3 Å². The van der Waals surface area contributed by atoms with Gasteiger partial charge in [0.25, 0.3) is 5.91 Å². The van der Waals surface area contributed by atoms with Gasteiger partial charge in [0.05, 0.1) is 6.10 Å². The lowest BCUT2D eigenvalue weighted by Gasteiger charge is -2.15. The third-order valence-electron chi connectivity index (χ3n) is 4.22. The van der Waals surface area contributed by atoms with Crippen molar-refractivity contribution in [2.45, 2.75) is 12.5 Å². The minimum Gasteiger partial charge on any atom is -0.484 e. The minimum absolute atomic E-state index is 0.0638. The van der Waals surface area contributed by atoms with Crippen LogP contribution in [0.5, 0.6) is 5.75 Å². The van der Waals surface area contributed by atoms with Crippen LogP contribution in [-0.2, 0) is 11.2 Å². The summed E-state index contributed by atoms with van der Waals surface area (Å²) in [6, 6.07) is 15.1. The van der Waals surface area contributed by atoms with E-state index in [1.165, 1.54) is 11.3 Å².